The van der Waals surface area contributed by atoms with E-state index in [2.05, 4.69) is 10.3 Å². The molecule has 0 aromatic carbocycles. The van der Waals surface area contributed by atoms with Crippen molar-refractivity contribution in [2.45, 2.75) is 25.6 Å². The minimum Gasteiger partial charge on any atom is -0.390 e. The van der Waals surface area contributed by atoms with E-state index in [9.17, 15) is 19.4 Å². The number of carbonyl (C=O) groups excluding carboxylic acids is 1. The van der Waals surface area contributed by atoms with Crippen molar-refractivity contribution in [1.82, 2.24) is 10.3 Å². The zero-order chi connectivity index (χ0) is 13.7. The third kappa shape index (κ3) is 4.21. The molecular formula is C11H14ClFN2O3. The number of rotatable bonds is 5. The Balaban J connectivity index is 2.64. The maximum atomic E-state index is 12.9. The van der Waals surface area contributed by atoms with Gasteiger partial charge in [0.15, 0.2) is 0 Å². The van der Waals surface area contributed by atoms with Gasteiger partial charge in [-0.3, -0.25) is 4.79 Å². The molecule has 1 aromatic rings. The maximum Gasteiger partial charge on any atom is 0.216 e. The predicted molar refractivity (Wildman–Crippen MR) is 63.5 cm³/mol. The van der Waals surface area contributed by atoms with Crippen LogP contribution in [-0.2, 0) is 4.79 Å². The fourth-order valence-electron chi connectivity index (χ4n) is 1.42. The number of pyridine rings is 1. The molecule has 0 aliphatic heterocycles. The zero-order valence-electron chi connectivity index (χ0n) is 9.73. The number of amides is 1. The second kappa shape index (κ2) is 6.63. The first-order valence-corrected chi connectivity index (χ1v) is 5.71. The van der Waals surface area contributed by atoms with Gasteiger partial charge in [0.25, 0.3) is 0 Å². The summed E-state index contributed by atoms with van der Waals surface area (Å²) in [5, 5.41) is 22.1. The lowest BCUT2D eigenvalue weighted by molar-refractivity contribution is -0.119. The smallest absolute Gasteiger partial charge is 0.216 e. The zero-order valence-corrected chi connectivity index (χ0v) is 10.5. The second-order valence-corrected chi connectivity index (χ2v) is 4.22. The number of aliphatic hydroxyl groups is 2. The normalized spacial score (nSPS) is 14.1. The summed E-state index contributed by atoms with van der Waals surface area (Å²) >= 11 is 5.75. The average molecular weight is 277 g/mol. The van der Waals surface area contributed by atoms with Gasteiger partial charge in [-0.1, -0.05) is 11.6 Å². The molecule has 18 heavy (non-hydrogen) atoms. The lowest BCUT2D eigenvalue weighted by atomic mass is 10.0. The van der Waals surface area contributed by atoms with E-state index in [1.165, 1.54) is 6.92 Å². The Morgan fingerprint density at radius 2 is 2.28 bits per heavy atom. The Labute approximate surface area is 109 Å². The van der Waals surface area contributed by atoms with Crippen molar-refractivity contribution < 1.29 is 19.4 Å². The number of hydrogen-bond donors (Lipinski definition) is 3. The van der Waals surface area contributed by atoms with Crippen LogP contribution in [0, 0.1) is 5.95 Å². The van der Waals surface area contributed by atoms with Crippen molar-refractivity contribution in [3.8, 4) is 0 Å². The first kappa shape index (κ1) is 14.8. The summed E-state index contributed by atoms with van der Waals surface area (Å²) in [5.74, 6) is -1.02. The summed E-state index contributed by atoms with van der Waals surface area (Å²) in [4.78, 5) is 13.9. The van der Waals surface area contributed by atoms with Gasteiger partial charge in [-0.15, -0.1) is 0 Å². The van der Waals surface area contributed by atoms with Gasteiger partial charge >= 0.3 is 0 Å². The number of nitrogens with zero attached hydrogens (tertiary/aromatic N) is 1. The van der Waals surface area contributed by atoms with Crippen LogP contribution in [0.15, 0.2) is 12.3 Å². The van der Waals surface area contributed by atoms with Crippen LogP contribution in [0.25, 0.3) is 0 Å². The van der Waals surface area contributed by atoms with E-state index < -0.39 is 18.2 Å². The van der Waals surface area contributed by atoms with Crippen LogP contribution in [0.1, 0.15) is 25.0 Å². The molecule has 100 valence electrons. The highest BCUT2D eigenvalue weighted by molar-refractivity contribution is 6.31. The van der Waals surface area contributed by atoms with Crippen molar-refractivity contribution in [3.63, 3.8) is 0 Å². The molecule has 1 aromatic heterocycles. The molecule has 0 aliphatic rings. The number of nitrogens with one attached hydrogen (secondary N) is 1. The molecule has 3 N–H and O–H groups in total. The molecule has 0 saturated heterocycles. The molecule has 1 rings (SSSR count). The van der Waals surface area contributed by atoms with Crippen molar-refractivity contribution in [2.24, 2.45) is 0 Å². The summed E-state index contributed by atoms with van der Waals surface area (Å²) in [5.41, 5.74) is 0.0690. The highest BCUT2D eigenvalue weighted by atomic mass is 35.5. The van der Waals surface area contributed by atoms with Crippen molar-refractivity contribution >= 4 is 17.5 Å². The fourth-order valence-corrected chi connectivity index (χ4v) is 1.63. The molecule has 0 aliphatic carbocycles. The Hall–Kier alpha value is -1.24. The van der Waals surface area contributed by atoms with E-state index in [-0.39, 0.29) is 29.5 Å². The Morgan fingerprint density at radius 1 is 1.61 bits per heavy atom. The summed E-state index contributed by atoms with van der Waals surface area (Å²) in [6.45, 7) is 1.55. The molecule has 1 heterocycles. The lowest BCUT2D eigenvalue weighted by Gasteiger charge is -2.19. The third-order valence-corrected chi connectivity index (χ3v) is 2.66. The number of carbonyl (C=O) groups is 1. The van der Waals surface area contributed by atoms with Gasteiger partial charge in [-0.25, -0.2) is 4.98 Å². The Morgan fingerprint density at radius 3 is 2.89 bits per heavy atom. The van der Waals surface area contributed by atoms with Gasteiger partial charge in [-0.2, -0.15) is 4.39 Å². The first-order chi connectivity index (χ1) is 8.41. The Kier molecular flexibility index (Phi) is 5.46. The minimum absolute atomic E-state index is 0.0690. The molecule has 0 spiro atoms. The molecule has 0 bridgehead atoms. The first-order valence-electron chi connectivity index (χ1n) is 5.33. The number of hydrogen-bond acceptors (Lipinski definition) is 4. The lowest BCUT2D eigenvalue weighted by Crippen LogP contribution is -2.27. The van der Waals surface area contributed by atoms with Crippen LogP contribution >= 0.6 is 11.6 Å². The van der Waals surface area contributed by atoms with E-state index >= 15 is 0 Å². The Bertz CT molecular complexity index is 431. The minimum atomic E-state index is -1.33. The molecular weight excluding hydrogens is 263 g/mol. The SMILES string of the molecule is CC(=O)NCCC(O)C(O)c1cc(F)ncc1Cl. The number of aliphatic hydroxyl groups excluding tert-OH is 2. The van der Waals surface area contributed by atoms with E-state index in [0.717, 1.165) is 12.3 Å². The molecule has 2 unspecified atom stereocenters. The van der Waals surface area contributed by atoms with Gasteiger partial charge in [0, 0.05) is 31.3 Å². The van der Waals surface area contributed by atoms with Crippen molar-refractivity contribution in [1.29, 1.82) is 0 Å². The average Bonchev–Trinajstić information content (AvgIpc) is 2.30. The number of halogens is 2. The van der Waals surface area contributed by atoms with Gasteiger partial charge in [0.1, 0.15) is 6.10 Å². The van der Waals surface area contributed by atoms with E-state index in [0.29, 0.717) is 0 Å². The van der Waals surface area contributed by atoms with Gasteiger partial charge in [0.2, 0.25) is 11.9 Å². The van der Waals surface area contributed by atoms with Crippen LogP contribution in [0.4, 0.5) is 4.39 Å². The van der Waals surface area contributed by atoms with Crippen molar-refractivity contribution in [3.05, 3.63) is 28.8 Å². The van der Waals surface area contributed by atoms with Crippen LogP contribution in [0.2, 0.25) is 5.02 Å². The standard InChI is InChI=1S/C11H14ClFN2O3/c1-6(16)14-3-2-9(17)11(18)7-4-10(13)15-5-8(7)12/h4-5,9,11,17-18H,2-3H2,1H3,(H,14,16). The van der Waals surface area contributed by atoms with E-state index in [1.54, 1.807) is 0 Å². The summed E-state index contributed by atoms with van der Waals surface area (Å²) in [6, 6.07) is 0.967. The molecule has 1 amide bonds. The van der Waals surface area contributed by atoms with Crippen LogP contribution in [0.5, 0.6) is 0 Å². The predicted octanol–water partition coefficient (Wildman–Crippen LogP) is 0.795. The maximum absolute atomic E-state index is 12.9. The van der Waals surface area contributed by atoms with Gasteiger partial charge in [0.05, 0.1) is 11.1 Å². The molecule has 0 radical (unpaired) electrons. The largest absolute Gasteiger partial charge is 0.390 e. The van der Waals surface area contributed by atoms with Crippen LogP contribution < -0.4 is 5.32 Å². The highest BCUT2D eigenvalue weighted by Crippen LogP contribution is 2.26. The molecule has 0 fully saturated rings. The summed E-state index contributed by atoms with van der Waals surface area (Å²) < 4.78 is 12.9. The van der Waals surface area contributed by atoms with E-state index in [1.807, 2.05) is 0 Å². The van der Waals surface area contributed by atoms with Crippen molar-refractivity contribution in [2.75, 3.05) is 6.54 Å². The quantitative estimate of drug-likeness (QED) is 0.695. The number of aromatic nitrogens is 1. The van der Waals surface area contributed by atoms with Crippen LogP contribution in [-0.4, -0.2) is 33.8 Å². The van der Waals surface area contributed by atoms with Crippen LogP contribution in [0.3, 0.4) is 0 Å². The van der Waals surface area contributed by atoms with Gasteiger partial charge < -0.3 is 15.5 Å². The molecule has 7 heteroatoms. The summed E-state index contributed by atoms with van der Waals surface area (Å²) in [7, 11) is 0. The molecule has 2 atom stereocenters. The third-order valence-electron chi connectivity index (χ3n) is 2.35. The molecule has 0 saturated carbocycles. The topological polar surface area (TPSA) is 82.5 Å². The second-order valence-electron chi connectivity index (χ2n) is 3.81. The molecule has 5 nitrogen and oxygen atoms in total. The summed E-state index contributed by atoms with van der Waals surface area (Å²) in [6.07, 6.45) is -1.29. The van der Waals surface area contributed by atoms with E-state index in [4.69, 9.17) is 11.6 Å². The highest BCUT2D eigenvalue weighted by Gasteiger charge is 2.21. The fraction of sp³-hybridized carbons (Fsp3) is 0.455. The monoisotopic (exact) mass is 276 g/mol. The van der Waals surface area contributed by atoms with Gasteiger partial charge in [-0.05, 0) is 6.42 Å².